The van der Waals surface area contributed by atoms with Gasteiger partial charge < -0.3 is 9.32 Å². The molecule has 0 radical (unpaired) electrons. The summed E-state index contributed by atoms with van der Waals surface area (Å²) in [6, 6.07) is 4.02. The van der Waals surface area contributed by atoms with Crippen molar-refractivity contribution < 1.29 is 18.0 Å². The van der Waals surface area contributed by atoms with E-state index in [1.165, 1.54) is 12.5 Å². The van der Waals surface area contributed by atoms with E-state index in [0.717, 1.165) is 30.9 Å². The van der Waals surface area contributed by atoms with E-state index in [1.807, 2.05) is 0 Å². The maximum atomic E-state index is 13.3. The molecule has 1 aliphatic heterocycles. The summed E-state index contributed by atoms with van der Waals surface area (Å²) in [4.78, 5) is 18.2. The van der Waals surface area contributed by atoms with Crippen molar-refractivity contribution in [3.8, 4) is 0 Å². The van der Waals surface area contributed by atoms with Crippen LogP contribution in [0.1, 0.15) is 41.1 Å². The van der Waals surface area contributed by atoms with Gasteiger partial charge in [0.25, 0.3) is 5.91 Å². The van der Waals surface area contributed by atoms with Gasteiger partial charge in [-0.15, -0.1) is 0 Å². The number of halogens is 2. The number of oxazole rings is 1. The van der Waals surface area contributed by atoms with E-state index in [9.17, 15) is 13.6 Å². The summed E-state index contributed by atoms with van der Waals surface area (Å²) < 4.78 is 31.4. The van der Waals surface area contributed by atoms with Crippen LogP contribution in [0.4, 0.5) is 8.78 Å². The second-order valence-electron chi connectivity index (χ2n) is 6.31. The van der Waals surface area contributed by atoms with E-state index in [4.69, 9.17) is 4.42 Å². The Bertz CT molecular complexity index is 730. The summed E-state index contributed by atoms with van der Waals surface area (Å²) in [6.45, 7) is 3.12. The fourth-order valence-corrected chi connectivity index (χ4v) is 3.20. The highest BCUT2D eigenvalue weighted by Gasteiger charge is 2.27. The number of piperidine rings is 1. The quantitative estimate of drug-likeness (QED) is 0.855. The fraction of sp³-hybridized carbons (Fsp3) is 0.444. The average molecular weight is 334 g/mol. The topological polar surface area (TPSA) is 46.3 Å². The molecule has 1 aromatic carbocycles. The van der Waals surface area contributed by atoms with Crippen molar-refractivity contribution in [2.24, 2.45) is 5.92 Å². The maximum absolute atomic E-state index is 13.3. The molecule has 6 heteroatoms. The number of aromatic nitrogens is 1. The molecule has 24 heavy (non-hydrogen) atoms. The summed E-state index contributed by atoms with van der Waals surface area (Å²) >= 11 is 0. The molecule has 2 aromatic rings. The molecule has 1 atom stereocenters. The molecular weight excluding hydrogens is 314 g/mol. The van der Waals surface area contributed by atoms with Crippen LogP contribution in [0.25, 0.3) is 0 Å². The van der Waals surface area contributed by atoms with Gasteiger partial charge >= 0.3 is 0 Å². The van der Waals surface area contributed by atoms with Gasteiger partial charge in [-0.1, -0.05) is 6.07 Å². The minimum atomic E-state index is -0.824. The molecule has 0 bridgehead atoms. The molecule has 2 heterocycles. The number of benzene rings is 1. The Morgan fingerprint density at radius 2 is 2.21 bits per heavy atom. The molecule has 1 fully saturated rings. The zero-order chi connectivity index (χ0) is 17.1. The van der Waals surface area contributed by atoms with Gasteiger partial charge in [-0.3, -0.25) is 4.79 Å². The van der Waals surface area contributed by atoms with Gasteiger partial charge in [0.05, 0.1) is 5.69 Å². The Morgan fingerprint density at radius 1 is 1.38 bits per heavy atom. The van der Waals surface area contributed by atoms with Crippen LogP contribution in [0.3, 0.4) is 0 Å². The molecule has 0 N–H and O–H groups in total. The average Bonchev–Trinajstić information content (AvgIpc) is 3.01. The molecule has 4 nitrogen and oxygen atoms in total. The predicted octanol–water partition coefficient (Wildman–Crippen LogP) is 3.75. The Labute approximate surface area is 139 Å². The lowest BCUT2D eigenvalue weighted by Crippen LogP contribution is -2.40. The molecule has 1 unspecified atom stereocenters. The van der Waals surface area contributed by atoms with Crippen LogP contribution < -0.4 is 0 Å². The van der Waals surface area contributed by atoms with E-state index in [-0.39, 0.29) is 5.91 Å². The highest BCUT2D eigenvalue weighted by Crippen LogP contribution is 2.24. The molecule has 0 saturated carbocycles. The van der Waals surface area contributed by atoms with Crippen molar-refractivity contribution in [1.29, 1.82) is 0 Å². The minimum Gasteiger partial charge on any atom is -0.438 e. The van der Waals surface area contributed by atoms with Crippen LogP contribution in [0.15, 0.2) is 29.0 Å². The lowest BCUT2D eigenvalue weighted by Gasteiger charge is -2.32. The standard InChI is InChI=1S/C18H20F2N2O2/c1-12-17(24-11-21-12)18(23)22-8-2-3-14(10-22)5-4-13-6-7-15(19)16(20)9-13/h6-7,9,11,14H,2-5,8,10H2,1H3. The summed E-state index contributed by atoms with van der Waals surface area (Å²) in [5.41, 5.74) is 1.38. The molecule has 1 aliphatic rings. The number of carbonyl (C=O) groups is 1. The third-order valence-electron chi connectivity index (χ3n) is 4.57. The number of likely N-dealkylation sites (tertiary alicyclic amines) is 1. The number of nitrogens with zero attached hydrogens (tertiary/aromatic N) is 2. The predicted molar refractivity (Wildman–Crippen MR) is 84.5 cm³/mol. The fourth-order valence-electron chi connectivity index (χ4n) is 3.20. The first-order valence-corrected chi connectivity index (χ1v) is 8.18. The normalized spacial score (nSPS) is 18.0. The van der Waals surface area contributed by atoms with Crippen LogP contribution in [0.5, 0.6) is 0 Å². The van der Waals surface area contributed by atoms with Crippen molar-refractivity contribution in [2.75, 3.05) is 13.1 Å². The van der Waals surface area contributed by atoms with E-state index in [1.54, 1.807) is 17.9 Å². The van der Waals surface area contributed by atoms with Crippen LogP contribution in [0.2, 0.25) is 0 Å². The number of amides is 1. The van der Waals surface area contributed by atoms with Crippen molar-refractivity contribution in [1.82, 2.24) is 9.88 Å². The number of carbonyl (C=O) groups excluding carboxylic acids is 1. The Hall–Kier alpha value is -2.24. The lowest BCUT2D eigenvalue weighted by molar-refractivity contribution is 0.0635. The van der Waals surface area contributed by atoms with Gasteiger partial charge in [-0.05, 0) is 56.2 Å². The van der Waals surface area contributed by atoms with Gasteiger partial charge in [0.1, 0.15) is 0 Å². The second-order valence-corrected chi connectivity index (χ2v) is 6.31. The third kappa shape index (κ3) is 3.63. The highest BCUT2D eigenvalue weighted by atomic mass is 19.2. The zero-order valence-corrected chi connectivity index (χ0v) is 13.6. The van der Waals surface area contributed by atoms with Gasteiger partial charge in [-0.2, -0.15) is 0 Å². The SMILES string of the molecule is Cc1ncoc1C(=O)N1CCCC(CCc2ccc(F)c(F)c2)C1. The molecule has 1 aromatic heterocycles. The first-order valence-electron chi connectivity index (χ1n) is 8.18. The van der Waals surface area contributed by atoms with E-state index in [0.29, 0.717) is 36.9 Å². The monoisotopic (exact) mass is 334 g/mol. The van der Waals surface area contributed by atoms with Gasteiger partial charge in [0.2, 0.25) is 5.76 Å². The number of hydrogen-bond acceptors (Lipinski definition) is 3. The maximum Gasteiger partial charge on any atom is 0.291 e. The Morgan fingerprint density at radius 3 is 2.92 bits per heavy atom. The Balaban J connectivity index is 1.58. The van der Waals surface area contributed by atoms with Crippen LogP contribution in [-0.4, -0.2) is 28.9 Å². The van der Waals surface area contributed by atoms with Crippen molar-refractivity contribution in [3.63, 3.8) is 0 Å². The number of aryl methyl sites for hydroxylation is 2. The van der Waals surface area contributed by atoms with E-state index < -0.39 is 11.6 Å². The first-order chi connectivity index (χ1) is 11.5. The molecule has 0 spiro atoms. The van der Waals surface area contributed by atoms with Crippen molar-refractivity contribution >= 4 is 5.91 Å². The molecule has 3 rings (SSSR count). The van der Waals surface area contributed by atoms with Crippen LogP contribution in [-0.2, 0) is 6.42 Å². The molecule has 0 aliphatic carbocycles. The van der Waals surface area contributed by atoms with Gasteiger partial charge in [0, 0.05) is 13.1 Å². The number of rotatable bonds is 4. The summed E-state index contributed by atoms with van der Waals surface area (Å²) in [7, 11) is 0. The molecule has 1 saturated heterocycles. The molecular formula is C18H20F2N2O2. The lowest BCUT2D eigenvalue weighted by atomic mass is 9.91. The summed E-state index contributed by atoms with van der Waals surface area (Å²) in [6.07, 6.45) is 4.76. The minimum absolute atomic E-state index is 0.123. The second kappa shape index (κ2) is 7.11. The smallest absolute Gasteiger partial charge is 0.291 e. The summed E-state index contributed by atoms with van der Waals surface area (Å²) in [5.74, 6) is -1.11. The zero-order valence-electron chi connectivity index (χ0n) is 13.6. The van der Waals surface area contributed by atoms with Crippen molar-refractivity contribution in [3.05, 3.63) is 53.2 Å². The van der Waals surface area contributed by atoms with Gasteiger partial charge in [-0.25, -0.2) is 13.8 Å². The van der Waals surface area contributed by atoms with E-state index >= 15 is 0 Å². The third-order valence-corrected chi connectivity index (χ3v) is 4.57. The molecule has 1 amide bonds. The largest absolute Gasteiger partial charge is 0.438 e. The summed E-state index contributed by atoms with van der Waals surface area (Å²) in [5, 5.41) is 0. The Kier molecular flexibility index (Phi) is 4.92. The van der Waals surface area contributed by atoms with Gasteiger partial charge in [0.15, 0.2) is 18.0 Å². The van der Waals surface area contributed by atoms with Crippen LogP contribution >= 0.6 is 0 Å². The first kappa shape index (κ1) is 16.6. The highest BCUT2D eigenvalue weighted by molar-refractivity contribution is 5.92. The van der Waals surface area contributed by atoms with E-state index in [2.05, 4.69) is 4.98 Å². The van der Waals surface area contributed by atoms with Crippen molar-refractivity contribution in [2.45, 2.75) is 32.6 Å². The van der Waals surface area contributed by atoms with Crippen LogP contribution in [0, 0.1) is 24.5 Å². The number of hydrogen-bond donors (Lipinski definition) is 0. The molecule has 128 valence electrons.